The number of ether oxygens (including phenoxy) is 2. The first kappa shape index (κ1) is 43.1. The summed E-state index contributed by atoms with van der Waals surface area (Å²) in [4.78, 5) is 41.8. The summed E-state index contributed by atoms with van der Waals surface area (Å²) in [5.74, 6) is 0.652. The Morgan fingerprint density at radius 3 is 1.56 bits per heavy atom. The molecule has 2 heterocycles. The van der Waals surface area contributed by atoms with Crippen molar-refractivity contribution >= 4 is 39.7 Å². The van der Waals surface area contributed by atoms with Crippen molar-refractivity contribution in [3.8, 4) is 17.2 Å². The van der Waals surface area contributed by atoms with E-state index in [2.05, 4.69) is 58.4 Å². The van der Waals surface area contributed by atoms with Crippen molar-refractivity contribution in [2.75, 3.05) is 14.2 Å². The zero-order valence-corrected chi connectivity index (χ0v) is 38.5. The van der Waals surface area contributed by atoms with Crippen molar-refractivity contribution in [2.45, 2.75) is 140 Å². The lowest BCUT2D eigenvalue weighted by molar-refractivity contribution is -0.142. The molecule has 0 bridgehead atoms. The minimum absolute atomic E-state index is 0.0185. The average molecular weight is 891 g/mol. The van der Waals surface area contributed by atoms with E-state index in [1.807, 2.05) is 59.7 Å². The molecule has 4 spiro atoms. The molecule has 3 aromatic rings. The number of halogens is 1. The van der Waals surface area contributed by atoms with Crippen LogP contribution in [0.3, 0.4) is 0 Å². The van der Waals surface area contributed by atoms with Gasteiger partial charge in [-0.15, -0.1) is 0 Å². The van der Waals surface area contributed by atoms with Crippen LogP contribution in [-0.4, -0.2) is 71.0 Å². The minimum Gasteiger partial charge on any atom is -0.381 e. The molecule has 3 aromatic carbocycles. The molecule has 9 rings (SSSR count). The molecular weight excluding hydrogens is 830 g/mol. The van der Waals surface area contributed by atoms with Crippen LogP contribution >= 0.6 is 15.9 Å². The van der Waals surface area contributed by atoms with E-state index in [4.69, 9.17) is 30.9 Å². The van der Waals surface area contributed by atoms with Crippen LogP contribution < -0.4 is 11.5 Å². The van der Waals surface area contributed by atoms with Gasteiger partial charge in [-0.1, -0.05) is 46.3 Å². The SMILES string of the molecule is COC1CCC2(CC1)Cc1ccc(-c3cccc(C#N)c3)cc1C21N=C(N)N(C(C)(C)C)C1=O.COC1CCC2(CC1)Cc1ccc(Br)cc1C21N=C(N)N(C(C)(C)C)C1=O. The number of guanidine groups is 2. The smallest absolute Gasteiger partial charge is 0.263 e. The minimum atomic E-state index is -1.03. The molecule has 61 heavy (non-hydrogen) atoms. The largest absolute Gasteiger partial charge is 0.381 e. The van der Waals surface area contributed by atoms with Gasteiger partial charge in [0, 0.05) is 40.6 Å². The van der Waals surface area contributed by atoms with E-state index in [-0.39, 0.29) is 34.9 Å². The first-order valence-corrected chi connectivity index (χ1v) is 22.5. The third-order valence-electron chi connectivity index (χ3n) is 14.7. The van der Waals surface area contributed by atoms with Crippen LogP contribution in [0.2, 0.25) is 0 Å². The molecule has 2 atom stereocenters. The number of fused-ring (bicyclic) bond motifs is 6. The van der Waals surface area contributed by atoms with Gasteiger partial charge < -0.3 is 20.9 Å². The molecule has 2 unspecified atom stereocenters. The number of benzene rings is 3. The lowest BCUT2D eigenvalue weighted by Gasteiger charge is -2.46. The van der Waals surface area contributed by atoms with Gasteiger partial charge in [-0.3, -0.25) is 19.4 Å². The van der Waals surface area contributed by atoms with E-state index in [0.29, 0.717) is 17.5 Å². The Hall–Kier alpha value is -4.57. The molecule has 11 nitrogen and oxygen atoms in total. The average Bonchev–Trinajstić information content (AvgIpc) is 3.86. The van der Waals surface area contributed by atoms with Crippen LogP contribution in [-0.2, 0) is 43.0 Å². The highest BCUT2D eigenvalue weighted by Crippen LogP contribution is 2.64. The van der Waals surface area contributed by atoms with Gasteiger partial charge in [0.2, 0.25) is 0 Å². The Morgan fingerprint density at radius 1 is 0.689 bits per heavy atom. The molecule has 4 N–H and O–H groups in total. The maximum atomic E-state index is 14.4. The zero-order chi connectivity index (χ0) is 43.9. The molecule has 2 amide bonds. The first-order valence-electron chi connectivity index (χ1n) is 21.7. The Morgan fingerprint density at radius 2 is 1.13 bits per heavy atom. The Kier molecular flexibility index (Phi) is 10.6. The lowest BCUT2D eigenvalue weighted by atomic mass is 9.61. The highest BCUT2D eigenvalue weighted by Gasteiger charge is 2.69. The van der Waals surface area contributed by atoms with E-state index < -0.39 is 22.2 Å². The van der Waals surface area contributed by atoms with E-state index in [1.165, 1.54) is 5.56 Å². The second-order valence-corrected chi connectivity index (χ2v) is 21.0. The number of nitrogens with zero attached hydrogens (tertiary/aromatic N) is 5. The van der Waals surface area contributed by atoms with Gasteiger partial charge in [-0.25, -0.2) is 9.98 Å². The molecule has 322 valence electrons. The van der Waals surface area contributed by atoms with Crippen molar-refractivity contribution < 1.29 is 19.1 Å². The number of nitrogens with two attached hydrogens (primary N) is 2. The van der Waals surface area contributed by atoms with Crippen LogP contribution in [0.4, 0.5) is 0 Å². The fourth-order valence-electron chi connectivity index (χ4n) is 11.9. The summed E-state index contributed by atoms with van der Waals surface area (Å²) >= 11 is 3.59. The van der Waals surface area contributed by atoms with Crippen molar-refractivity contribution in [3.63, 3.8) is 0 Å². The van der Waals surface area contributed by atoms with Crippen molar-refractivity contribution in [2.24, 2.45) is 32.3 Å². The molecule has 4 aliphatic carbocycles. The van der Waals surface area contributed by atoms with Crippen molar-refractivity contribution in [1.82, 2.24) is 9.80 Å². The van der Waals surface area contributed by atoms with Gasteiger partial charge in [0.1, 0.15) is 0 Å². The predicted octanol–water partition coefficient (Wildman–Crippen LogP) is 8.24. The van der Waals surface area contributed by atoms with E-state index >= 15 is 0 Å². The standard InChI is InChI=1S/C28H32N4O2.C21H28BrN3O2/c1-26(2,3)32-24(33)28(31-25(32)30)23-15-20(19-7-5-6-18(14-19)17-29)8-9-21(23)16-27(28)12-10-22(34-4)11-13-27;1-19(2,3)25-17(26)21(24-18(25)23)16-11-14(22)6-5-13(16)12-20(21)9-7-15(27-4)8-10-20/h5-9,14-15,22H,10-13,16H2,1-4H3,(H2,30,31);5-6,11,15H,7-10,12H2,1-4H3,(H2,23,24). The van der Waals surface area contributed by atoms with Crippen LogP contribution in [0.1, 0.15) is 121 Å². The van der Waals surface area contributed by atoms with E-state index in [1.54, 1.807) is 30.1 Å². The van der Waals surface area contributed by atoms with Gasteiger partial charge >= 0.3 is 0 Å². The molecule has 0 aromatic heterocycles. The Balaban J connectivity index is 0.000000173. The fraction of sp³-hybridized carbons (Fsp3) is 0.531. The number of nitriles is 1. The number of amides is 2. The summed E-state index contributed by atoms with van der Waals surface area (Å²) in [6.07, 6.45) is 9.41. The predicted molar refractivity (Wildman–Crippen MR) is 241 cm³/mol. The van der Waals surface area contributed by atoms with Gasteiger partial charge in [0.05, 0.1) is 23.8 Å². The van der Waals surface area contributed by atoms with Crippen LogP contribution in [0.25, 0.3) is 11.1 Å². The van der Waals surface area contributed by atoms with Gasteiger partial charge in [-0.2, -0.15) is 5.26 Å². The molecule has 2 aliphatic heterocycles. The number of hydrogen-bond acceptors (Lipinski definition) is 9. The summed E-state index contributed by atoms with van der Waals surface area (Å²) < 4.78 is 12.2. The van der Waals surface area contributed by atoms with Crippen LogP contribution in [0.5, 0.6) is 0 Å². The first-order chi connectivity index (χ1) is 28.8. The summed E-state index contributed by atoms with van der Waals surface area (Å²) in [6, 6.07) is 22.4. The molecule has 0 radical (unpaired) electrons. The fourth-order valence-corrected chi connectivity index (χ4v) is 12.2. The van der Waals surface area contributed by atoms with Gasteiger partial charge in [0.25, 0.3) is 11.8 Å². The molecule has 6 aliphatic rings. The number of rotatable bonds is 3. The molecular formula is C49H60BrN7O4. The highest BCUT2D eigenvalue weighted by atomic mass is 79.9. The third kappa shape index (κ3) is 6.55. The van der Waals surface area contributed by atoms with Gasteiger partial charge in [0.15, 0.2) is 23.0 Å². The van der Waals surface area contributed by atoms with Gasteiger partial charge in [-0.05, 0) is 169 Å². The van der Waals surface area contributed by atoms with E-state index in [0.717, 1.165) is 96.5 Å². The summed E-state index contributed by atoms with van der Waals surface area (Å²) in [5.41, 5.74) is 16.4. The quantitative estimate of drug-likeness (QED) is 0.268. The molecule has 2 fully saturated rings. The number of carbonyl (C=O) groups is 2. The number of aliphatic imine (C=N–C) groups is 2. The van der Waals surface area contributed by atoms with E-state index in [9.17, 15) is 14.9 Å². The Labute approximate surface area is 369 Å². The number of methoxy groups -OCH3 is 2. The third-order valence-corrected chi connectivity index (χ3v) is 15.2. The molecule has 2 saturated carbocycles. The molecule has 12 heteroatoms. The summed E-state index contributed by atoms with van der Waals surface area (Å²) in [7, 11) is 3.54. The highest BCUT2D eigenvalue weighted by molar-refractivity contribution is 9.10. The van der Waals surface area contributed by atoms with Crippen LogP contribution in [0, 0.1) is 22.2 Å². The summed E-state index contributed by atoms with van der Waals surface area (Å²) in [6.45, 7) is 12.0. The topological polar surface area (TPSA) is 160 Å². The van der Waals surface area contributed by atoms with Crippen molar-refractivity contribution in [3.05, 3.63) is 93.0 Å². The monoisotopic (exact) mass is 889 g/mol. The summed E-state index contributed by atoms with van der Waals surface area (Å²) in [5, 5.41) is 9.37. The number of hydrogen-bond donors (Lipinski definition) is 2. The maximum Gasteiger partial charge on any atom is 0.263 e. The van der Waals surface area contributed by atoms with Crippen LogP contribution in [0.15, 0.2) is 75.1 Å². The zero-order valence-electron chi connectivity index (χ0n) is 36.9. The Bertz CT molecular complexity index is 2370. The second kappa shape index (κ2) is 15.1. The normalized spacial score (nSPS) is 30.4. The maximum absolute atomic E-state index is 14.4. The number of carbonyl (C=O) groups excluding carboxylic acids is 2. The van der Waals surface area contributed by atoms with Crippen molar-refractivity contribution in [1.29, 1.82) is 5.26 Å². The lowest BCUT2D eigenvalue weighted by Crippen LogP contribution is -2.56. The molecule has 0 saturated heterocycles. The second-order valence-electron chi connectivity index (χ2n) is 20.1.